The van der Waals surface area contributed by atoms with Crippen molar-refractivity contribution >= 4 is 18.0 Å². The number of hydrogen-bond donors (Lipinski definition) is 1. The van der Waals surface area contributed by atoms with Crippen LogP contribution in [0.1, 0.15) is 12.0 Å². The molecule has 1 N–H and O–H groups in total. The van der Waals surface area contributed by atoms with E-state index in [2.05, 4.69) is 4.98 Å². The van der Waals surface area contributed by atoms with Crippen molar-refractivity contribution in [2.45, 2.75) is 6.42 Å². The predicted molar refractivity (Wildman–Crippen MR) is 78.5 cm³/mol. The molecule has 0 unspecified atom stereocenters. The second-order valence-corrected chi connectivity index (χ2v) is 4.97. The van der Waals surface area contributed by atoms with Crippen molar-refractivity contribution in [2.24, 2.45) is 0 Å². The molecule has 2 rings (SSSR count). The molecular formula is C15H19N3O3. The molecule has 0 radical (unpaired) electrons. The van der Waals surface area contributed by atoms with E-state index >= 15 is 0 Å². The zero-order valence-electron chi connectivity index (χ0n) is 11.8. The highest BCUT2D eigenvalue weighted by atomic mass is 16.4. The number of hydrogen-bond acceptors (Lipinski definition) is 4. The Hall–Kier alpha value is -2.21. The van der Waals surface area contributed by atoms with Crippen LogP contribution < -0.4 is 0 Å². The van der Waals surface area contributed by atoms with E-state index in [0.717, 1.165) is 12.0 Å². The first kappa shape index (κ1) is 15.2. The lowest BCUT2D eigenvalue weighted by atomic mass is 10.2. The molecule has 0 aliphatic carbocycles. The largest absolute Gasteiger partial charge is 0.480 e. The minimum atomic E-state index is -0.828. The minimum Gasteiger partial charge on any atom is -0.480 e. The van der Waals surface area contributed by atoms with Crippen molar-refractivity contribution in [1.82, 2.24) is 14.8 Å². The third-order valence-electron chi connectivity index (χ3n) is 3.36. The quantitative estimate of drug-likeness (QED) is 0.827. The SMILES string of the molecule is O=C(O)CN1CCCN(C(=O)C=Cc2cccnc2)CC1. The topological polar surface area (TPSA) is 73.7 Å². The molecule has 1 saturated heterocycles. The molecule has 21 heavy (non-hydrogen) atoms. The summed E-state index contributed by atoms with van der Waals surface area (Å²) in [6, 6.07) is 3.70. The van der Waals surface area contributed by atoms with E-state index in [0.29, 0.717) is 26.2 Å². The zero-order chi connectivity index (χ0) is 15.1. The second kappa shape index (κ2) is 7.54. The molecule has 1 aromatic heterocycles. The number of aromatic nitrogens is 1. The number of carbonyl (C=O) groups excluding carboxylic acids is 1. The van der Waals surface area contributed by atoms with Crippen molar-refractivity contribution in [3.05, 3.63) is 36.2 Å². The van der Waals surface area contributed by atoms with E-state index in [9.17, 15) is 9.59 Å². The van der Waals surface area contributed by atoms with Crippen LogP contribution in [0.4, 0.5) is 0 Å². The maximum absolute atomic E-state index is 12.1. The Bertz CT molecular complexity index is 516. The molecule has 0 spiro atoms. The van der Waals surface area contributed by atoms with Gasteiger partial charge in [-0.25, -0.2) is 0 Å². The Labute approximate surface area is 123 Å². The molecule has 1 aliphatic rings. The Morgan fingerprint density at radius 2 is 2.14 bits per heavy atom. The Morgan fingerprint density at radius 3 is 2.86 bits per heavy atom. The molecule has 0 atom stereocenters. The van der Waals surface area contributed by atoms with Crippen molar-refractivity contribution in [3.8, 4) is 0 Å². The highest BCUT2D eigenvalue weighted by Gasteiger charge is 2.18. The first-order valence-electron chi connectivity index (χ1n) is 6.96. The van der Waals surface area contributed by atoms with Gasteiger partial charge in [-0.2, -0.15) is 0 Å². The number of carboxylic acids is 1. The monoisotopic (exact) mass is 289 g/mol. The molecule has 6 heteroatoms. The molecule has 0 bridgehead atoms. The fourth-order valence-corrected chi connectivity index (χ4v) is 2.29. The van der Waals surface area contributed by atoms with Crippen LogP contribution >= 0.6 is 0 Å². The van der Waals surface area contributed by atoms with E-state index in [1.165, 1.54) is 0 Å². The van der Waals surface area contributed by atoms with Gasteiger partial charge in [0.25, 0.3) is 0 Å². The van der Waals surface area contributed by atoms with Gasteiger partial charge in [0, 0.05) is 44.6 Å². The fourth-order valence-electron chi connectivity index (χ4n) is 2.29. The highest BCUT2D eigenvalue weighted by Crippen LogP contribution is 2.05. The van der Waals surface area contributed by atoms with E-state index < -0.39 is 5.97 Å². The summed E-state index contributed by atoms with van der Waals surface area (Å²) in [6.45, 7) is 2.56. The van der Waals surface area contributed by atoms with Gasteiger partial charge in [-0.05, 0) is 24.1 Å². The molecular weight excluding hydrogens is 270 g/mol. The van der Waals surface area contributed by atoms with Crippen molar-refractivity contribution in [2.75, 3.05) is 32.7 Å². The molecule has 0 saturated carbocycles. The summed E-state index contributed by atoms with van der Waals surface area (Å²) in [4.78, 5) is 30.5. The summed E-state index contributed by atoms with van der Waals surface area (Å²) in [7, 11) is 0. The Kier molecular flexibility index (Phi) is 5.45. The second-order valence-electron chi connectivity index (χ2n) is 4.97. The third-order valence-corrected chi connectivity index (χ3v) is 3.36. The Balaban J connectivity index is 1.88. The van der Waals surface area contributed by atoms with Crippen LogP contribution in [0.15, 0.2) is 30.6 Å². The van der Waals surface area contributed by atoms with E-state index in [-0.39, 0.29) is 12.5 Å². The van der Waals surface area contributed by atoms with Crippen LogP contribution in [-0.2, 0) is 9.59 Å². The average molecular weight is 289 g/mol. The smallest absolute Gasteiger partial charge is 0.317 e. The fraction of sp³-hybridized carbons (Fsp3) is 0.400. The van der Waals surface area contributed by atoms with Gasteiger partial charge < -0.3 is 10.0 Å². The molecule has 6 nitrogen and oxygen atoms in total. The van der Waals surface area contributed by atoms with E-state index in [1.54, 1.807) is 29.4 Å². The van der Waals surface area contributed by atoms with Gasteiger partial charge >= 0.3 is 5.97 Å². The molecule has 0 aromatic carbocycles. The minimum absolute atomic E-state index is 0.0353. The van der Waals surface area contributed by atoms with Gasteiger partial charge in [-0.1, -0.05) is 6.07 Å². The summed E-state index contributed by atoms with van der Waals surface area (Å²) >= 11 is 0. The van der Waals surface area contributed by atoms with Crippen LogP contribution in [0, 0.1) is 0 Å². The van der Waals surface area contributed by atoms with Crippen LogP contribution in [0.2, 0.25) is 0 Å². The zero-order valence-corrected chi connectivity index (χ0v) is 11.8. The molecule has 1 aliphatic heterocycles. The summed E-state index contributed by atoms with van der Waals surface area (Å²) < 4.78 is 0. The van der Waals surface area contributed by atoms with Gasteiger partial charge in [0.15, 0.2) is 0 Å². The summed E-state index contributed by atoms with van der Waals surface area (Å²) in [5.41, 5.74) is 0.883. The van der Waals surface area contributed by atoms with Crippen molar-refractivity contribution < 1.29 is 14.7 Å². The van der Waals surface area contributed by atoms with Crippen LogP contribution in [0.25, 0.3) is 6.08 Å². The van der Waals surface area contributed by atoms with Gasteiger partial charge in [-0.15, -0.1) is 0 Å². The van der Waals surface area contributed by atoms with Crippen LogP contribution in [-0.4, -0.2) is 64.5 Å². The lowest BCUT2D eigenvalue weighted by molar-refractivity contribution is -0.138. The summed E-state index contributed by atoms with van der Waals surface area (Å²) in [5.74, 6) is -0.873. The lowest BCUT2D eigenvalue weighted by Crippen LogP contribution is -2.36. The number of rotatable bonds is 4. The first-order valence-corrected chi connectivity index (χ1v) is 6.96. The number of pyridine rings is 1. The standard InChI is InChI=1S/C15H19N3O3/c19-14(5-4-13-3-1-6-16-11-13)18-8-2-7-17(9-10-18)12-15(20)21/h1,3-6,11H,2,7-10,12H2,(H,20,21). The van der Waals surface area contributed by atoms with Crippen molar-refractivity contribution in [3.63, 3.8) is 0 Å². The van der Waals surface area contributed by atoms with Gasteiger partial charge in [0.2, 0.25) is 5.91 Å². The number of nitrogens with zero attached hydrogens (tertiary/aromatic N) is 3. The summed E-state index contributed by atoms with van der Waals surface area (Å²) in [5, 5.41) is 8.80. The number of amides is 1. The number of carboxylic acid groups (broad SMARTS) is 1. The number of aliphatic carboxylic acids is 1. The molecule has 2 heterocycles. The van der Waals surface area contributed by atoms with Crippen molar-refractivity contribution in [1.29, 1.82) is 0 Å². The van der Waals surface area contributed by atoms with E-state index in [4.69, 9.17) is 5.11 Å². The average Bonchev–Trinajstić information content (AvgIpc) is 2.71. The third kappa shape index (κ3) is 5.00. The maximum Gasteiger partial charge on any atom is 0.317 e. The summed E-state index contributed by atoms with van der Waals surface area (Å²) in [6.07, 6.45) is 7.46. The highest BCUT2D eigenvalue weighted by molar-refractivity contribution is 5.91. The molecule has 1 aromatic rings. The van der Waals surface area contributed by atoms with E-state index in [1.807, 2.05) is 17.0 Å². The predicted octanol–water partition coefficient (Wildman–Crippen LogP) is 0.714. The Morgan fingerprint density at radius 1 is 1.29 bits per heavy atom. The van der Waals surface area contributed by atoms with Gasteiger partial charge in [-0.3, -0.25) is 19.5 Å². The van der Waals surface area contributed by atoms with Gasteiger partial charge in [0.1, 0.15) is 0 Å². The number of carbonyl (C=O) groups is 2. The van der Waals surface area contributed by atoms with Crippen LogP contribution in [0.3, 0.4) is 0 Å². The first-order chi connectivity index (χ1) is 10.1. The van der Waals surface area contributed by atoms with Gasteiger partial charge in [0.05, 0.1) is 6.54 Å². The molecule has 1 amide bonds. The normalized spacial score (nSPS) is 16.9. The maximum atomic E-state index is 12.1. The van der Waals surface area contributed by atoms with Crippen LogP contribution in [0.5, 0.6) is 0 Å². The lowest BCUT2D eigenvalue weighted by Gasteiger charge is -2.19. The molecule has 112 valence electrons. The molecule has 1 fully saturated rings.